The Morgan fingerprint density at radius 3 is 2.08 bits per heavy atom. The molecule has 0 saturated carbocycles. The molecule has 0 spiro atoms. The Bertz CT molecular complexity index is 382. The van der Waals surface area contributed by atoms with Gasteiger partial charge in [0, 0.05) is 75.5 Å². The molecular weight excluding hydrogens is 461 g/mol. The summed E-state index contributed by atoms with van der Waals surface area (Å²) in [5.41, 5.74) is 0.850. The first-order chi connectivity index (χ1) is 5.38. The molecule has 0 aromatic heterocycles. The number of hydrogen-bond acceptors (Lipinski definition) is 0. The molecule has 2 rings (SSSR count). The molecule has 0 aliphatic heterocycles. The Hall–Kier alpha value is 1.28. The minimum atomic E-state index is 0. The van der Waals surface area contributed by atoms with Gasteiger partial charge in [-0.05, 0) is 10.8 Å². The van der Waals surface area contributed by atoms with Crippen molar-refractivity contribution in [1.82, 2.24) is 0 Å². The van der Waals surface area contributed by atoms with Crippen LogP contribution in [0.5, 0.6) is 0 Å². The molecule has 3 heteroatoms. The summed E-state index contributed by atoms with van der Waals surface area (Å²) in [7, 11) is 5.76. The minimum Gasteiger partial charge on any atom is -0.0890 e. The zero-order valence-corrected chi connectivity index (χ0v) is 10.6. The zero-order chi connectivity index (χ0) is 7.68. The SMILES string of the molecule is [B]c1cccc2ccccc12.[Ho].[Ho]. The summed E-state index contributed by atoms with van der Waals surface area (Å²) in [5, 5.41) is 2.34. The Labute approximate surface area is 139 Å². The molecule has 0 atom stereocenters. The monoisotopic (exact) mass is 468 g/mol. The molecule has 2 aromatic rings. The Morgan fingerprint density at radius 2 is 1.38 bits per heavy atom. The van der Waals surface area contributed by atoms with E-state index >= 15 is 0 Å². The number of rotatable bonds is 0. The molecule has 0 aliphatic rings. The fourth-order valence-corrected chi connectivity index (χ4v) is 1.25. The van der Waals surface area contributed by atoms with E-state index in [1.54, 1.807) is 0 Å². The average Bonchev–Trinajstić information content (AvgIpc) is 2.06. The van der Waals surface area contributed by atoms with Gasteiger partial charge in [0.15, 0.2) is 0 Å². The van der Waals surface area contributed by atoms with Crippen molar-refractivity contribution >= 4 is 24.1 Å². The van der Waals surface area contributed by atoms with Crippen LogP contribution < -0.4 is 5.46 Å². The third-order valence-electron chi connectivity index (χ3n) is 1.82. The van der Waals surface area contributed by atoms with Crippen molar-refractivity contribution in [2.24, 2.45) is 0 Å². The molecule has 0 heterocycles. The van der Waals surface area contributed by atoms with Gasteiger partial charge in [-0.3, -0.25) is 0 Å². The topological polar surface area (TPSA) is 0 Å². The van der Waals surface area contributed by atoms with E-state index < -0.39 is 0 Å². The normalized spacial score (nSPS) is 8.62. The van der Waals surface area contributed by atoms with Crippen molar-refractivity contribution < 1.29 is 75.5 Å². The van der Waals surface area contributed by atoms with Crippen LogP contribution in [0.1, 0.15) is 0 Å². The van der Waals surface area contributed by atoms with E-state index in [0.717, 1.165) is 10.8 Å². The predicted molar refractivity (Wildman–Crippen MR) is 49.3 cm³/mol. The van der Waals surface area contributed by atoms with E-state index in [2.05, 4.69) is 12.1 Å². The first-order valence-corrected chi connectivity index (χ1v) is 3.61. The maximum atomic E-state index is 5.76. The second kappa shape index (κ2) is 6.71. The molecule has 0 aliphatic carbocycles. The van der Waals surface area contributed by atoms with Crippen molar-refractivity contribution in [3.8, 4) is 0 Å². The molecule has 72 valence electrons. The van der Waals surface area contributed by atoms with Crippen LogP contribution >= 0.6 is 0 Å². The van der Waals surface area contributed by atoms with Crippen molar-refractivity contribution in [2.75, 3.05) is 0 Å². The average molecular weight is 468 g/mol. The molecule has 0 amide bonds. The van der Waals surface area contributed by atoms with Gasteiger partial charge in [-0.25, -0.2) is 0 Å². The summed E-state index contributed by atoms with van der Waals surface area (Å²) in [5.74, 6) is 0. The van der Waals surface area contributed by atoms with Gasteiger partial charge >= 0.3 is 0 Å². The summed E-state index contributed by atoms with van der Waals surface area (Å²) in [6.45, 7) is 0. The molecular formula is C10H7BHo2. The van der Waals surface area contributed by atoms with Crippen LogP contribution in [0.25, 0.3) is 10.8 Å². The maximum absolute atomic E-state index is 5.76. The number of fused-ring (bicyclic) bond motifs is 1. The van der Waals surface area contributed by atoms with E-state index in [4.69, 9.17) is 7.85 Å². The Kier molecular flexibility index (Phi) is 7.37. The minimum absolute atomic E-state index is 0. The van der Waals surface area contributed by atoms with Gasteiger partial charge in [0.25, 0.3) is 0 Å². The largest absolute Gasteiger partial charge is 0.114 e. The van der Waals surface area contributed by atoms with E-state index in [9.17, 15) is 0 Å². The molecule has 0 fully saturated rings. The zero-order valence-electron chi connectivity index (χ0n) is 6.72. The van der Waals surface area contributed by atoms with E-state index in [0.29, 0.717) is 0 Å². The molecule has 0 saturated heterocycles. The molecule has 0 nitrogen and oxygen atoms in total. The van der Waals surface area contributed by atoms with Crippen molar-refractivity contribution in [3.63, 3.8) is 0 Å². The summed E-state index contributed by atoms with van der Waals surface area (Å²) in [6.07, 6.45) is 0. The van der Waals surface area contributed by atoms with Gasteiger partial charge in [0.05, 0.1) is 0 Å². The molecule has 0 unspecified atom stereocenters. The quantitative estimate of drug-likeness (QED) is 0.517. The predicted octanol–water partition coefficient (Wildman–Crippen LogP) is 1.63. The maximum Gasteiger partial charge on any atom is 0.114 e. The molecule has 0 bridgehead atoms. The van der Waals surface area contributed by atoms with Gasteiger partial charge in [-0.15, -0.1) is 0 Å². The van der Waals surface area contributed by atoms with E-state index in [1.165, 1.54) is 5.39 Å². The Balaban J connectivity index is 0.000000720. The molecule has 0 N–H and O–H groups in total. The smallest absolute Gasteiger partial charge is 0.0890 e. The van der Waals surface area contributed by atoms with Gasteiger partial charge in [0.1, 0.15) is 7.85 Å². The van der Waals surface area contributed by atoms with Crippen LogP contribution in [-0.4, -0.2) is 7.85 Å². The summed E-state index contributed by atoms with van der Waals surface area (Å²) in [6, 6.07) is 14.1. The standard InChI is InChI=1S/C10H7B.2Ho/c11-10-7-3-5-8-4-1-2-6-9(8)10;;/h1-7H;;. The van der Waals surface area contributed by atoms with Crippen LogP contribution in [-0.2, 0) is 0 Å². The van der Waals surface area contributed by atoms with Gasteiger partial charge in [-0.2, -0.15) is 0 Å². The van der Waals surface area contributed by atoms with Crippen LogP contribution in [0.3, 0.4) is 0 Å². The second-order valence-electron chi connectivity index (χ2n) is 2.57. The van der Waals surface area contributed by atoms with Crippen LogP contribution in [0.15, 0.2) is 42.5 Å². The van der Waals surface area contributed by atoms with Crippen molar-refractivity contribution in [3.05, 3.63) is 42.5 Å². The Morgan fingerprint density at radius 1 is 0.769 bits per heavy atom. The van der Waals surface area contributed by atoms with Crippen LogP contribution in [0, 0.1) is 75.5 Å². The second-order valence-corrected chi connectivity index (χ2v) is 2.57. The molecule has 13 heavy (non-hydrogen) atoms. The van der Waals surface area contributed by atoms with Gasteiger partial charge in [-0.1, -0.05) is 47.9 Å². The summed E-state index contributed by atoms with van der Waals surface area (Å²) >= 11 is 0. The first-order valence-electron chi connectivity index (χ1n) is 3.61. The molecule has 4 radical (unpaired) electrons. The van der Waals surface area contributed by atoms with E-state index in [1.807, 2.05) is 30.3 Å². The van der Waals surface area contributed by atoms with Crippen molar-refractivity contribution in [1.29, 1.82) is 0 Å². The van der Waals surface area contributed by atoms with Crippen LogP contribution in [0.2, 0.25) is 0 Å². The fraction of sp³-hybridized carbons (Fsp3) is 0. The third-order valence-corrected chi connectivity index (χ3v) is 1.82. The van der Waals surface area contributed by atoms with Crippen LogP contribution in [0.4, 0.5) is 0 Å². The van der Waals surface area contributed by atoms with Gasteiger partial charge < -0.3 is 0 Å². The fourth-order valence-electron chi connectivity index (χ4n) is 1.25. The number of hydrogen-bond donors (Lipinski definition) is 0. The third kappa shape index (κ3) is 3.41. The van der Waals surface area contributed by atoms with Crippen molar-refractivity contribution in [2.45, 2.75) is 0 Å². The first kappa shape index (κ1) is 14.3. The molecule has 2 aromatic carbocycles. The number of benzene rings is 2. The summed E-state index contributed by atoms with van der Waals surface area (Å²) < 4.78 is 0. The van der Waals surface area contributed by atoms with E-state index in [-0.39, 0.29) is 75.5 Å². The van der Waals surface area contributed by atoms with Gasteiger partial charge in [0.2, 0.25) is 0 Å². The summed E-state index contributed by atoms with van der Waals surface area (Å²) in [4.78, 5) is 0.